The van der Waals surface area contributed by atoms with Crippen molar-refractivity contribution < 1.29 is 4.79 Å². The zero-order valence-electron chi connectivity index (χ0n) is 7.26. The van der Waals surface area contributed by atoms with Crippen molar-refractivity contribution in [3.63, 3.8) is 0 Å². The van der Waals surface area contributed by atoms with Crippen molar-refractivity contribution in [3.05, 3.63) is 0 Å². The van der Waals surface area contributed by atoms with E-state index in [0.29, 0.717) is 0 Å². The van der Waals surface area contributed by atoms with Crippen LogP contribution in [-0.4, -0.2) is 12.1 Å². The molecule has 11 heavy (non-hydrogen) atoms. The van der Waals surface area contributed by atoms with Crippen LogP contribution >= 0.6 is 0 Å². The first-order chi connectivity index (χ1) is 5.17. The molecule has 0 N–H and O–H groups in total. The highest BCUT2D eigenvalue weighted by atomic mass is 16.1. The summed E-state index contributed by atoms with van der Waals surface area (Å²) >= 11 is 0. The average Bonchev–Trinajstić information content (AvgIpc) is 1.94. The van der Waals surface area contributed by atoms with Crippen molar-refractivity contribution in [2.24, 2.45) is 10.4 Å². The van der Waals surface area contributed by atoms with E-state index in [1.807, 2.05) is 0 Å². The maximum Gasteiger partial charge on any atom is 0.235 e. The van der Waals surface area contributed by atoms with Crippen LogP contribution < -0.4 is 0 Å². The van der Waals surface area contributed by atoms with E-state index >= 15 is 0 Å². The molecular weight excluding hydrogens is 138 g/mol. The fourth-order valence-corrected chi connectivity index (χ4v) is 1.78. The molecule has 0 aromatic rings. The van der Waals surface area contributed by atoms with Gasteiger partial charge in [0, 0.05) is 0 Å². The van der Waals surface area contributed by atoms with E-state index in [0.717, 1.165) is 6.42 Å². The summed E-state index contributed by atoms with van der Waals surface area (Å²) in [6, 6.07) is 0.216. The predicted molar refractivity (Wildman–Crippen MR) is 44.2 cm³/mol. The molecule has 0 spiro atoms. The molecule has 1 unspecified atom stereocenters. The minimum Gasteiger partial charge on any atom is -0.211 e. The molecule has 0 bridgehead atoms. The molecule has 1 aliphatic carbocycles. The molecule has 0 saturated heterocycles. The molecule has 0 heterocycles. The third-order valence-corrected chi connectivity index (χ3v) is 2.66. The standard InChI is InChI=1S/C9H15NO/c1-9(2)6-4-3-5-8(9)10-7-11/h8H,3-6H2,1-2H3. The molecule has 62 valence electrons. The second-order valence-electron chi connectivity index (χ2n) is 3.97. The summed E-state index contributed by atoms with van der Waals surface area (Å²) in [6.45, 7) is 4.36. The summed E-state index contributed by atoms with van der Waals surface area (Å²) in [6.07, 6.45) is 6.39. The lowest BCUT2D eigenvalue weighted by Gasteiger charge is -2.34. The van der Waals surface area contributed by atoms with Crippen molar-refractivity contribution in [1.29, 1.82) is 0 Å². The van der Waals surface area contributed by atoms with Crippen LogP contribution in [0.15, 0.2) is 4.99 Å². The van der Waals surface area contributed by atoms with E-state index in [1.165, 1.54) is 19.3 Å². The maximum atomic E-state index is 10.1. The molecule has 0 aliphatic heterocycles. The highest BCUT2D eigenvalue weighted by Gasteiger charge is 2.31. The van der Waals surface area contributed by atoms with Gasteiger partial charge in [0.25, 0.3) is 0 Å². The van der Waals surface area contributed by atoms with Gasteiger partial charge < -0.3 is 0 Å². The van der Waals surface area contributed by atoms with Crippen molar-refractivity contribution in [1.82, 2.24) is 0 Å². The largest absolute Gasteiger partial charge is 0.235 e. The molecule has 0 aromatic carbocycles. The van der Waals surface area contributed by atoms with E-state index in [4.69, 9.17) is 0 Å². The summed E-state index contributed by atoms with van der Waals surface area (Å²) in [4.78, 5) is 13.9. The van der Waals surface area contributed by atoms with Crippen LogP contribution in [0.25, 0.3) is 0 Å². The molecule has 1 fully saturated rings. The molecule has 2 heteroatoms. The summed E-state index contributed by atoms with van der Waals surface area (Å²) in [5, 5.41) is 0. The summed E-state index contributed by atoms with van der Waals surface area (Å²) in [5.41, 5.74) is 0.218. The number of carbonyl (C=O) groups excluding carboxylic acids is 1. The zero-order chi connectivity index (χ0) is 8.32. The van der Waals surface area contributed by atoms with Gasteiger partial charge in [-0.2, -0.15) is 0 Å². The Labute approximate surface area is 67.7 Å². The van der Waals surface area contributed by atoms with E-state index in [2.05, 4.69) is 18.8 Å². The zero-order valence-corrected chi connectivity index (χ0v) is 7.26. The highest BCUT2D eigenvalue weighted by molar-refractivity contribution is 5.34. The second-order valence-corrected chi connectivity index (χ2v) is 3.97. The van der Waals surface area contributed by atoms with Crippen molar-refractivity contribution in [2.75, 3.05) is 0 Å². The number of aliphatic imine (C=N–C) groups is 1. The molecular formula is C9H15NO. The quantitative estimate of drug-likeness (QED) is 0.420. The van der Waals surface area contributed by atoms with E-state index in [1.54, 1.807) is 6.08 Å². The third-order valence-electron chi connectivity index (χ3n) is 2.66. The lowest BCUT2D eigenvalue weighted by atomic mass is 9.74. The monoisotopic (exact) mass is 153 g/mol. The first-order valence-corrected chi connectivity index (χ1v) is 4.24. The number of nitrogens with zero attached hydrogens (tertiary/aromatic N) is 1. The van der Waals surface area contributed by atoms with E-state index < -0.39 is 0 Å². The van der Waals surface area contributed by atoms with Gasteiger partial charge in [-0.15, -0.1) is 0 Å². The first kappa shape index (κ1) is 8.48. The Morgan fingerprint density at radius 2 is 2.18 bits per heavy atom. The molecule has 1 atom stereocenters. The van der Waals surface area contributed by atoms with Crippen LogP contribution in [0.1, 0.15) is 39.5 Å². The number of hydrogen-bond donors (Lipinski definition) is 0. The third kappa shape index (κ3) is 1.90. The van der Waals surface area contributed by atoms with Crippen LogP contribution in [0.5, 0.6) is 0 Å². The topological polar surface area (TPSA) is 29.4 Å². The van der Waals surface area contributed by atoms with Gasteiger partial charge in [0.05, 0.1) is 6.04 Å². The normalized spacial score (nSPS) is 29.1. The van der Waals surface area contributed by atoms with Crippen molar-refractivity contribution >= 4 is 6.08 Å². The summed E-state index contributed by atoms with van der Waals surface area (Å²) in [7, 11) is 0. The van der Waals surface area contributed by atoms with Gasteiger partial charge in [-0.05, 0) is 18.3 Å². The maximum absolute atomic E-state index is 10.1. The Bertz CT molecular complexity index is 180. The molecule has 2 nitrogen and oxygen atoms in total. The Balaban J connectivity index is 2.66. The molecule has 0 radical (unpaired) electrons. The number of hydrogen-bond acceptors (Lipinski definition) is 2. The Morgan fingerprint density at radius 3 is 2.73 bits per heavy atom. The van der Waals surface area contributed by atoms with Gasteiger partial charge >= 0.3 is 0 Å². The average molecular weight is 153 g/mol. The molecule has 1 aliphatic rings. The van der Waals surface area contributed by atoms with Crippen molar-refractivity contribution in [3.8, 4) is 0 Å². The predicted octanol–water partition coefficient (Wildman–Crippen LogP) is 2.29. The minimum atomic E-state index is 0.216. The fourth-order valence-electron chi connectivity index (χ4n) is 1.78. The van der Waals surface area contributed by atoms with Gasteiger partial charge in [0.2, 0.25) is 6.08 Å². The van der Waals surface area contributed by atoms with Gasteiger partial charge in [-0.1, -0.05) is 26.7 Å². The molecule has 1 saturated carbocycles. The molecule has 0 aromatic heterocycles. The summed E-state index contributed by atoms with van der Waals surface area (Å²) < 4.78 is 0. The minimum absolute atomic E-state index is 0.216. The fraction of sp³-hybridized carbons (Fsp3) is 0.889. The van der Waals surface area contributed by atoms with Crippen LogP contribution in [0.2, 0.25) is 0 Å². The van der Waals surface area contributed by atoms with Gasteiger partial charge in [0.15, 0.2) is 0 Å². The number of rotatable bonds is 1. The molecule has 0 amide bonds. The number of isocyanates is 1. The Hall–Kier alpha value is -0.620. The first-order valence-electron chi connectivity index (χ1n) is 4.24. The Morgan fingerprint density at radius 1 is 1.45 bits per heavy atom. The molecule has 1 rings (SSSR count). The summed E-state index contributed by atoms with van der Waals surface area (Å²) in [5.74, 6) is 0. The highest BCUT2D eigenvalue weighted by Crippen LogP contribution is 2.37. The lowest BCUT2D eigenvalue weighted by Crippen LogP contribution is -2.31. The van der Waals surface area contributed by atoms with Gasteiger partial charge in [-0.3, -0.25) is 0 Å². The smallest absolute Gasteiger partial charge is 0.211 e. The van der Waals surface area contributed by atoms with Crippen LogP contribution in [0.3, 0.4) is 0 Å². The van der Waals surface area contributed by atoms with Crippen LogP contribution in [0.4, 0.5) is 0 Å². The van der Waals surface area contributed by atoms with Gasteiger partial charge in [0.1, 0.15) is 0 Å². The van der Waals surface area contributed by atoms with E-state index in [9.17, 15) is 4.79 Å². The van der Waals surface area contributed by atoms with Crippen LogP contribution in [0, 0.1) is 5.41 Å². The second kappa shape index (κ2) is 3.19. The van der Waals surface area contributed by atoms with E-state index in [-0.39, 0.29) is 11.5 Å². The van der Waals surface area contributed by atoms with Gasteiger partial charge in [-0.25, -0.2) is 9.79 Å². The SMILES string of the molecule is CC1(C)CCCCC1N=C=O. The Kier molecular flexibility index (Phi) is 2.45. The van der Waals surface area contributed by atoms with Crippen molar-refractivity contribution in [2.45, 2.75) is 45.6 Å². The lowest BCUT2D eigenvalue weighted by molar-refractivity contribution is 0.203. The van der Waals surface area contributed by atoms with Crippen LogP contribution in [-0.2, 0) is 4.79 Å².